The van der Waals surface area contributed by atoms with Gasteiger partial charge in [-0.15, -0.1) is 10.2 Å². The summed E-state index contributed by atoms with van der Waals surface area (Å²) in [6.07, 6.45) is 0. The number of benzene rings is 3. The van der Waals surface area contributed by atoms with E-state index in [9.17, 15) is 13.2 Å². The van der Waals surface area contributed by atoms with Crippen molar-refractivity contribution in [1.29, 1.82) is 0 Å². The van der Waals surface area contributed by atoms with Crippen LogP contribution in [0.3, 0.4) is 0 Å². The van der Waals surface area contributed by atoms with Crippen LogP contribution in [0.5, 0.6) is 11.5 Å². The molecule has 1 N–H and O–H groups in total. The molecule has 4 aromatic rings. The predicted molar refractivity (Wildman–Crippen MR) is 145 cm³/mol. The van der Waals surface area contributed by atoms with Gasteiger partial charge in [0.1, 0.15) is 18.0 Å². The molecule has 0 aliphatic rings. The maximum Gasteiger partial charge on any atom is 0.264 e. The summed E-state index contributed by atoms with van der Waals surface area (Å²) in [7, 11) is -1.20. The van der Waals surface area contributed by atoms with Crippen LogP contribution in [0.15, 0.2) is 88.1 Å². The maximum absolute atomic E-state index is 13.6. The molecule has 0 saturated carbocycles. The normalized spacial score (nSPS) is 11.1. The summed E-state index contributed by atoms with van der Waals surface area (Å²) >= 11 is 2.72. The molecule has 0 atom stereocenters. The van der Waals surface area contributed by atoms with E-state index in [1.165, 1.54) is 49.5 Å². The number of sulfonamides is 1. The predicted octanol–water partition coefficient (Wildman–Crippen LogP) is 4.68. The van der Waals surface area contributed by atoms with E-state index in [-0.39, 0.29) is 15.7 Å². The Bertz CT molecular complexity index is 1440. The molecule has 9 nitrogen and oxygen atoms in total. The van der Waals surface area contributed by atoms with Crippen molar-refractivity contribution in [1.82, 2.24) is 10.2 Å². The van der Waals surface area contributed by atoms with Crippen LogP contribution in [-0.4, -0.2) is 45.3 Å². The number of nitrogens with zero attached hydrogens (tertiary/aromatic N) is 3. The molecule has 192 valence electrons. The fraction of sp³-hybridized carbons (Fsp3) is 0.160. The topological polar surface area (TPSA) is 111 Å². The first kappa shape index (κ1) is 26.5. The van der Waals surface area contributed by atoms with E-state index >= 15 is 0 Å². The van der Waals surface area contributed by atoms with E-state index in [4.69, 9.17) is 9.47 Å². The van der Waals surface area contributed by atoms with E-state index in [0.29, 0.717) is 21.6 Å². The number of methoxy groups -OCH3 is 2. The van der Waals surface area contributed by atoms with E-state index in [1.807, 2.05) is 30.3 Å². The lowest BCUT2D eigenvalue weighted by Gasteiger charge is -2.25. The molecular weight excluding hydrogens is 532 g/mol. The Morgan fingerprint density at radius 1 is 0.946 bits per heavy atom. The van der Waals surface area contributed by atoms with Crippen molar-refractivity contribution in [3.05, 3.63) is 84.4 Å². The van der Waals surface area contributed by atoms with Gasteiger partial charge >= 0.3 is 0 Å². The lowest BCUT2D eigenvalue weighted by atomic mass is 10.2. The first-order valence-corrected chi connectivity index (χ1v) is 14.2. The number of aromatic nitrogens is 2. The van der Waals surface area contributed by atoms with Gasteiger partial charge in [0.2, 0.25) is 11.0 Å². The number of thioether (sulfide) groups is 1. The number of hydrogen-bond acceptors (Lipinski definition) is 9. The number of carbonyl (C=O) groups is 1. The first-order valence-electron chi connectivity index (χ1n) is 11.0. The summed E-state index contributed by atoms with van der Waals surface area (Å²) in [6.45, 7) is -0.499. The van der Waals surface area contributed by atoms with Gasteiger partial charge in [0.05, 0.1) is 24.8 Å². The highest BCUT2D eigenvalue weighted by Gasteiger charge is 2.29. The summed E-state index contributed by atoms with van der Waals surface area (Å²) in [5, 5.41) is 11.1. The Morgan fingerprint density at radius 2 is 1.65 bits per heavy atom. The Hall–Kier alpha value is -3.61. The molecule has 37 heavy (non-hydrogen) atoms. The molecule has 0 bridgehead atoms. The number of hydrogen-bond donors (Lipinski definition) is 1. The summed E-state index contributed by atoms with van der Waals surface area (Å²) in [5.41, 5.74) is 1.37. The fourth-order valence-corrected chi connectivity index (χ4v) is 6.49. The lowest BCUT2D eigenvalue weighted by molar-refractivity contribution is -0.114. The highest BCUT2D eigenvalue weighted by atomic mass is 32.2. The van der Waals surface area contributed by atoms with E-state index in [0.717, 1.165) is 9.87 Å². The van der Waals surface area contributed by atoms with Crippen molar-refractivity contribution in [2.24, 2.45) is 0 Å². The monoisotopic (exact) mass is 556 g/mol. The van der Waals surface area contributed by atoms with Crippen LogP contribution in [0.1, 0.15) is 5.56 Å². The van der Waals surface area contributed by atoms with Gasteiger partial charge in [0, 0.05) is 5.75 Å². The van der Waals surface area contributed by atoms with Gasteiger partial charge in [-0.05, 0) is 42.0 Å². The van der Waals surface area contributed by atoms with Gasteiger partial charge in [-0.3, -0.25) is 14.4 Å². The lowest BCUT2D eigenvalue weighted by Crippen LogP contribution is -2.38. The van der Waals surface area contributed by atoms with Crippen LogP contribution in [-0.2, 0) is 20.6 Å². The van der Waals surface area contributed by atoms with Crippen LogP contribution in [0.2, 0.25) is 0 Å². The molecule has 0 fully saturated rings. The fourth-order valence-electron chi connectivity index (χ4n) is 3.34. The molecule has 0 aliphatic carbocycles. The molecular formula is C25H24N4O5S3. The average Bonchev–Trinajstić information content (AvgIpc) is 3.38. The molecule has 1 aromatic heterocycles. The zero-order valence-electron chi connectivity index (χ0n) is 20.0. The summed E-state index contributed by atoms with van der Waals surface area (Å²) in [4.78, 5) is 13.0. The number of nitrogens with one attached hydrogen (secondary N) is 1. The number of amides is 1. The SMILES string of the molecule is COc1ccc(S(=O)(=O)N(CC(=O)Nc2nnc(SCc3ccccc3)s2)c2ccccc2OC)cc1. The molecule has 1 heterocycles. The first-order chi connectivity index (χ1) is 17.9. The summed E-state index contributed by atoms with van der Waals surface area (Å²) in [6, 6.07) is 22.5. The van der Waals surface area contributed by atoms with Crippen molar-refractivity contribution in [2.45, 2.75) is 15.0 Å². The number of anilines is 2. The second kappa shape index (κ2) is 12.1. The molecule has 1 amide bonds. The molecule has 12 heteroatoms. The van der Waals surface area contributed by atoms with Gasteiger partial charge < -0.3 is 9.47 Å². The number of carbonyl (C=O) groups excluding carboxylic acids is 1. The van der Waals surface area contributed by atoms with E-state index < -0.39 is 22.5 Å². The van der Waals surface area contributed by atoms with Crippen molar-refractivity contribution in [3.8, 4) is 11.5 Å². The largest absolute Gasteiger partial charge is 0.497 e. The van der Waals surface area contributed by atoms with Gasteiger partial charge in [-0.1, -0.05) is 65.6 Å². The second-order valence-electron chi connectivity index (χ2n) is 7.55. The van der Waals surface area contributed by atoms with Gasteiger partial charge in [0.25, 0.3) is 10.0 Å². The Kier molecular flexibility index (Phi) is 8.64. The Balaban J connectivity index is 1.53. The highest BCUT2D eigenvalue weighted by Crippen LogP contribution is 2.33. The minimum atomic E-state index is -4.13. The molecule has 4 rings (SSSR count). The van der Waals surface area contributed by atoms with Crippen molar-refractivity contribution >= 4 is 49.8 Å². The van der Waals surface area contributed by atoms with Crippen molar-refractivity contribution in [2.75, 3.05) is 30.4 Å². The van der Waals surface area contributed by atoms with Crippen molar-refractivity contribution in [3.63, 3.8) is 0 Å². The quantitative estimate of drug-likeness (QED) is 0.209. The van der Waals surface area contributed by atoms with E-state index in [1.54, 1.807) is 36.4 Å². The standard InChI is InChI=1S/C25H24N4O5S3/c1-33-19-12-14-20(15-13-19)37(31,32)29(21-10-6-7-11-22(21)34-2)16-23(30)26-24-27-28-25(36-24)35-17-18-8-4-3-5-9-18/h3-15H,16-17H2,1-2H3,(H,26,27,30). The number of rotatable bonds is 11. The third kappa shape index (κ3) is 6.59. The smallest absolute Gasteiger partial charge is 0.264 e. The van der Waals surface area contributed by atoms with Crippen LogP contribution >= 0.6 is 23.1 Å². The average molecular weight is 557 g/mol. The zero-order chi connectivity index (χ0) is 26.3. The second-order valence-corrected chi connectivity index (χ2v) is 11.6. The number of ether oxygens (including phenoxy) is 2. The van der Waals surface area contributed by atoms with Gasteiger partial charge in [-0.2, -0.15) is 0 Å². The molecule has 0 unspecified atom stereocenters. The Morgan fingerprint density at radius 3 is 2.35 bits per heavy atom. The van der Waals surface area contributed by atoms with Gasteiger partial charge in [-0.25, -0.2) is 8.42 Å². The van der Waals surface area contributed by atoms with Gasteiger partial charge in [0.15, 0.2) is 4.34 Å². The Labute approximate surface area is 223 Å². The zero-order valence-corrected chi connectivity index (χ0v) is 22.5. The maximum atomic E-state index is 13.6. The third-order valence-corrected chi connectivity index (χ3v) is 8.96. The molecule has 0 spiro atoms. The molecule has 3 aromatic carbocycles. The van der Waals surface area contributed by atoms with Crippen LogP contribution in [0.4, 0.5) is 10.8 Å². The minimum absolute atomic E-state index is 0.00233. The van der Waals surface area contributed by atoms with Crippen molar-refractivity contribution < 1.29 is 22.7 Å². The van der Waals surface area contributed by atoms with Crippen LogP contribution < -0.4 is 19.1 Å². The third-order valence-electron chi connectivity index (χ3n) is 5.15. The molecule has 0 aliphatic heterocycles. The van der Waals surface area contributed by atoms with Crippen LogP contribution in [0, 0.1) is 0 Å². The summed E-state index contributed by atoms with van der Waals surface area (Å²) in [5.74, 6) is 0.963. The molecule has 0 radical (unpaired) electrons. The number of para-hydroxylation sites is 2. The summed E-state index contributed by atoms with van der Waals surface area (Å²) < 4.78 is 39.5. The van der Waals surface area contributed by atoms with Crippen LogP contribution in [0.25, 0.3) is 0 Å². The highest BCUT2D eigenvalue weighted by molar-refractivity contribution is 8.00. The minimum Gasteiger partial charge on any atom is -0.497 e. The molecule has 0 saturated heterocycles. The van der Waals surface area contributed by atoms with E-state index in [2.05, 4.69) is 15.5 Å².